The number of aromatic nitrogens is 1. The van der Waals surface area contributed by atoms with E-state index in [-0.39, 0.29) is 35.7 Å². The summed E-state index contributed by atoms with van der Waals surface area (Å²) in [5.41, 5.74) is 3.04. The first-order valence-electron chi connectivity index (χ1n) is 10.2. The number of amides is 1. The van der Waals surface area contributed by atoms with Gasteiger partial charge in [0.25, 0.3) is 0 Å². The van der Waals surface area contributed by atoms with Crippen LogP contribution < -0.4 is 16.0 Å². The number of benzene rings is 2. The first kappa shape index (κ1) is 24.6. The Morgan fingerprint density at radius 2 is 1.90 bits per heavy atom. The van der Waals surface area contributed by atoms with Crippen LogP contribution in [0.1, 0.15) is 24.5 Å². The summed E-state index contributed by atoms with van der Waals surface area (Å²) in [6, 6.07) is 14.6. The number of aliphatic imine (C=N–C) groups is 1. The van der Waals surface area contributed by atoms with Crippen LogP contribution >= 0.6 is 24.0 Å². The van der Waals surface area contributed by atoms with Crippen molar-refractivity contribution < 1.29 is 9.18 Å². The molecular weight excluding hydrogens is 508 g/mol. The van der Waals surface area contributed by atoms with Crippen molar-refractivity contribution in [2.24, 2.45) is 4.99 Å². The van der Waals surface area contributed by atoms with Crippen LogP contribution in [0.25, 0.3) is 10.9 Å². The van der Waals surface area contributed by atoms with Crippen LogP contribution in [0, 0.1) is 5.82 Å². The second-order valence-electron chi connectivity index (χ2n) is 6.95. The van der Waals surface area contributed by atoms with Gasteiger partial charge in [0.1, 0.15) is 5.82 Å². The molecule has 3 aromatic rings. The Hall–Kier alpha value is -2.62. The Balaban J connectivity index is 0.00000341. The van der Waals surface area contributed by atoms with Crippen LogP contribution in [0.2, 0.25) is 0 Å². The summed E-state index contributed by atoms with van der Waals surface area (Å²) in [7, 11) is 0. The highest BCUT2D eigenvalue weighted by atomic mass is 127. The standard InChI is InChI=1S/C23H28FN5O.HI/c1-2-25-23(27-13-11-22(30)29-15-17-6-4-3-5-7-17)26-12-10-18-16-28-21-9-8-19(24)14-20(18)21;/h3-9,14,16,28H,2,10-13,15H2,1H3,(H,29,30)(H2,25,26,27);1H. The summed E-state index contributed by atoms with van der Waals surface area (Å²) in [6.07, 6.45) is 2.96. The minimum absolute atomic E-state index is 0. The number of guanidine groups is 1. The van der Waals surface area contributed by atoms with Crippen LogP contribution in [0.5, 0.6) is 0 Å². The van der Waals surface area contributed by atoms with Crippen molar-refractivity contribution in [1.29, 1.82) is 0 Å². The molecule has 0 atom stereocenters. The van der Waals surface area contributed by atoms with Crippen molar-refractivity contribution in [3.8, 4) is 0 Å². The van der Waals surface area contributed by atoms with Crippen molar-refractivity contribution >= 4 is 46.7 Å². The smallest absolute Gasteiger partial charge is 0.222 e. The average Bonchev–Trinajstić information content (AvgIpc) is 3.15. The van der Waals surface area contributed by atoms with E-state index in [1.165, 1.54) is 6.07 Å². The third-order valence-electron chi connectivity index (χ3n) is 4.70. The molecule has 0 spiro atoms. The summed E-state index contributed by atoms with van der Waals surface area (Å²) in [5, 5.41) is 10.3. The van der Waals surface area contributed by atoms with Gasteiger partial charge in [-0.2, -0.15) is 0 Å². The number of aromatic amines is 1. The maximum absolute atomic E-state index is 13.5. The van der Waals surface area contributed by atoms with Gasteiger partial charge in [0.15, 0.2) is 5.96 Å². The predicted octanol–water partition coefficient (Wildman–Crippen LogP) is 3.73. The van der Waals surface area contributed by atoms with Crippen LogP contribution in [-0.4, -0.2) is 36.5 Å². The highest BCUT2D eigenvalue weighted by molar-refractivity contribution is 14.0. The van der Waals surface area contributed by atoms with Gasteiger partial charge < -0.3 is 20.9 Å². The second-order valence-corrected chi connectivity index (χ2v) is 6.95. The van der Waals surface area contributed by atoms with Crippen molar-refractivity contribution in [3.05, 3.63) is 71.7 Å². The van der Waals surface area contributed by atoms with E-state index in [0.717, 1.165) is 35.0 Å². The summed E-state index contributed by atoms with van der Waals surface area (Å²) >= 11 is 0. The topological polar surface area (TPSA) is 81.3 Å². The lowest BCUT2D eigenvalue weighted by Gasteiger charge is -2.11. The molecule has 0 bridgehead atoms. The molecule has 6 nitrogen and oxygen atoms in total. The summed E-state index contributed by atoms with van der Waals surface area (Å²) in [6.45, 7) is 4.28. The number of H-pyrrole nitrogens is 1. The molecule has 0 radical (unpaired) electrons. The molecule has 0 aliphatic rings. The molecule has 2 aromatic carbocycles. The average molecular weight is 537 g/mol. The third-order valence-corrected chi connectivity index (χ3v) is 4.70. The van der Waals surface area contributed by atoms with E-state index in [4.69, 9.17) is 0 Å². The van der Waals surface area contributed by atoms with Gasteiger partial charge in [0.2, 0.25) is 5.91 Å². The van der Waals surface area contributed by atoms with Gasteiger partial charge in [0.05, 0.1) is 6.54 Å². The minimum Gasteiger partial charge on any atom is -0.361 e. The Labute approximate surface area is 199 Å². The van der Waals surface area contributed by atoms with Crippen molar-refractivity contribution in [2.75, 3.05) is 19.6 Å². The molecule has 0 aliphatic heterocycles. The van der Waals surface area contributed by atoms with E-state index in [9.17, 15) is 9.18 Å². The van der Waals surface area contributed by atoms with Gasteiger partial charge in [0, 0.05) is 43.2 Å². The largest absolute Gasteiger partial charge is 0.361 e. The Kier molecular flexibility index (Phi) is 10.3. The monoisotopic (exact) mass is 537 g/mol. The zero-order chi connectivity index (χ0) is 21.2. The molecule has 0 saturated heterocycles. The van der Waals surface area contributed by atoms with Crippen molar-refractivity contribution in [1.82, 2.24) is 20.9 Å². The van der Waals surface area contributed by atoms with E-state index in [1.54, 1.807) is 12.1 Å². The maximum Gasteiger partial charge on any atom is 0.222 e. The normalized spacial score (nSPS) is 11.1. The van der Waals surface area contributed by atoms with Gasteiger partial charge >= 0.3 is 0 Å². The van der Waals surface area contributed by atoms with Crippen LogP contribution in [0.4, 0.5) is 4.39 Å². The molecule has 3 rings (SSSR count). The SMILES string of the molecule is CCNC(=NCCC(=O)NCc1ccccc1)NCCc1c[nH]c2ccc(F)cc12.I. The number of hydrogen-bond donors (Lipinski definition) is 4. The molecule has 8 heteroatoms. The number of carbonyl (C=O) groups is 1. The van der Waals surface area contributed by atoms with E-state index < -0.39 is 0 Å². The molecule has 1 aromatic heterocycles. The van der Waals surface area contributed by atoms with Gasteiger partial charge in [-0.3, -0.25) is 9.79 Å². The van der Waals surface area contributed by atoms with Crippen molar-refractivity contribution in [3.63, 3.8) is 0 Å². The number of hydrogen-bond acceptors (Lipinski definition) is 2. The fourth-order valence-electron chi connectivity index (χ4n) is 3.17. The molecule has 166 valence electrons. The zero-order valence-corrected chi connectivity index (χ0v) is 19.9. The number of halogens is 2. The summed E-state index contributed by atoms with van der Waals surface area (Å²) in [5.74, 6) is 0.399. The summed E-state index contributed by atoms with van der Waals surface area (Å²) < 4.78 is 13.5. The first-order chi connectivity index (χ1) is 14.7. The third kappa shape index (κ3) is 7.86. The lowest BCUT2D eigenvalue weighted by atomic mass is 10.1. The molecular formula is C23H29FIN5O. The molecule has 0 unspecified atom stereocenters. The lowest BCUT2D eigenvalue weighted by molar-refractivity contribution is -0.121. The minimum atomic E-state index is -0.239. The molecule has 1 amide bonds. The first-order valence-corrected chi connectivity index (χ1v) is 10.2. The number of fused-ring (bicyclic) bond motifs is 1. The quantitative estimate of drug-likeness (QED) is 0.191. The molecule has 4 N–H and O–H groups in total. The molecule has 0 saturated carbocycles. The zero-order valence-electron chi connectivity index (χ0n) is 17.6. The van der Waals surface area contributed by atoms with Gasteiger partial charge in [-0.1, -0.05) is 30.3 Å². The van der Waals surface area contributed by atoms with E-state index >= 15 is 0 Å². The molecule has 0 aliphatic carbocycles. The Bertz CT molecular complexity index is 990. The van der Waals surface area contributed by atoms with Gasteiger partial charge in [-0.05, 0) is 42.7 Å². The van der Waals surface area contributed by atoms with Gasteiger partial charge in [-0.15, -0.1) is 24.0 Å². The summed E-state index contributed by atoms with van der Waals surface area (Å²) in [4.78, 5) is 19.7. The van der Waals surface area contributed by atoms with Crippen molar-refractivity contribution in [2.45, 2.75) is 26.3 Å². The highest BCUT2D eigenvalue weighted by Crippen LogP contribution is 2.19. The highest BCUT2D eigenvalue weighted by Gasteiger charge is 2.06. The van der Waals surface area contributed by atoms with E-state index in [2.05, 4.69) is 25.9 Å². The molecule has 1 heterocycles. The maximum atomic E-state index is 13.5. The van der Waals surface area contributed by atoms with Crippen LogP contribution in [0.15, 0.2) is 59.7 Å². The number of nitrogens with one attached hydrogen (secondary N) is 4. The van der Waals surface area contributed by atoms with Crippen LogP contribution in [0.3, 0.4) is 0 Å². The Morgan fingerprint density at radius 3 is 2.68 bits per heavy atom. The number of carbonyl (C=O) groups excluding carboxylic acids is 1. The van der Waals surface area contributed by atoms with Crippen LogP contribution in [-0.2, 0) is 17.8 Å². The van der Waals surface area contributed by atoms with E-state index in [1.807, 2.05) is 43.5 Å². The Morgan fingerprint density at radius 1 is 1.10 bits per heavy atom. The number of nitrogens with zero attached hydrogens (tertiary/aromatic N) is 1. The fourth-order valence-corrected chi connectivity index (χ4v) is 3.17. The van der Waals surface area contributed by atoms with Gasteiger partial charge in [-0.25, -0.2) is 4.39 Å². The van der Waals surface area contributed by atoms with E-state index in [0.29, 0.717) is 32.0 Å². The second kappa shape index (κ2) is 12.9. The molecule has 0 fully saturated rings. The lowest BCUT2D eigenvalue weighted by Crippen LogP contribution is -2.38. The fraction of sp³-hybridized carbons (Fsp3) is 0.304. The number of rotatable bonds is 9. The molecule has 31 heavy (non-hydrogen) atoms. The predicted molar refractivity (Wildman–Crippen MR) is 134 cm³/mol.